The van der Waals surface area contributed by atoms with E-state index >= 15 is 0 Å². The van der Waals surface area contributed by atoms with Gasteiger partial charge in [-0.25, -0.2) is 17.9 Å². The molecular weight excluding hydrogens is 339 g/mol. The molecule has 1 atom stereocenters. The normalized spacial score (nSPS) is 16.9. The summed E-state index contributed by atoms with van der Waals surface area (Å²) in [5.41, 5.74) is 0.463. The fourth-order valence-electron chi connectivity index (χ4n) is 2.32. The number of benzene rings is 1. The Labute approximate surface area is 139 Å². The lowest BCUT2D eigenvalue weighted by molar-refractivity contribution is -0.121. The third-order valence-electron chi connectivity index (χ3n) is 3.60. The minimum Gasteiger partial charge on any atom is -0.534 e. The number of carboxylic acid groups (broad SMARTS) is 1. The number of aromatic carboxylic acids is 1. The molecule has 0 spiro atoms. The van der Waals surface area contributed by atoms with E-state index in [1.807, 2.05) is 0 Å². The van der Waals surface area contributed by atoms with Gasteiger partial charge in [-0.1, -0.05) is 12.1 Å². The number of hydrogen-bond donors (Lipinski definition) is 4. The summed E-state index contributed by atoms with van der Waals surface area (Å²) >= 11 is 0. The number of sulfonamides is 1. The van der Waals surface area contributed by atoms with Gasteiger partial charge in [0.25, 0.3) is 0 Å². The third-order valence-corrected chi connectivity index (χ3v) is 4.97. The van der Waals surface area contributed by atoms with Gasteiger partial charge in [-0.3, -0.25) is 4.79 Å². The van der Waals surface area contributed by atoms with Gasteiger partial charge >= 0.3 is 13.1 Å². The van der Waals surface area contributed by atoms with Gasteiger partial charge in [-0.15, -0.1) is 0 Å². The summed E-state index contributed by atoms with van der Waals surface area (Å²) in [7, 11) is -3.68. The first-order valence-electron chi connectivity index (χ1n) is 7.14. The maximum Gasteiger partial charge on any atom is 0.547 e. The summed E-state index contributed by atoms with van der Waals surface area (Å²) < 4.78 is 29.9. The van der Waals surface area contributed by atoms with Crippen molar-refractivity contribution in [3.8, 4) is 5.75 Å². The number of rotatable bonds is 6. The van der Waals surface area contributed by atoms with Crippen LogP contribution in [0.3, 0.4) is 0 Å². The summed E-state index contributed by atoms with van der Waals surface area (Å²) in [6.07, 6.45) is -0.101. The first-order valence-corrected chi connectivity index (χ1v) is 8.79. The molecule has 0 radical (unpaired) electrons. The van der Waals surface area contributed by atoms with Crippen molar-refractivity contribution < 1.29 is 32.8 Å². The van der Waals surface area contributed by atoms with Crippen molar-refractivity contribution in [3.63, 3.8) is 0 Å². The van der Waals surface area contributed by atoms with E-state index in [4.69, 9.17) is 9.76 Å². The largest absolute Gasteiger partial charge is 0.547 e. The van der Waals surface area contributed by atoms with Gasteiger partial charge in [-0.2, -0.15) is 0 Å². The minimum absolute atomic E-state index is 0.0701. The number of carboxylic acids is 1. The van der Waals surface area contributed by atoms with Gasteiger partial charge in [-0.05, 0) is 25.1 Å². The van der Waals surface area contributed by atoms with Crippen LogP contribution in [0.25, 0.3) is 0 Å². The van der Waals surface area contributed by atoms with Crippen LogP contribution in [0.4, 0.5) is 0 Å². The molecule has 11 heteroatoms. The minimum atomic E-state index is -3.50. The maximum absolute atomic E-state index is 11.8. The molecule has 4 N–H and O–H groups in total. The highest BCUT2D eigenvalue weighted by Gasteiger charge is 2.37. The first kappa shape index (κ1) is 18.2. The van der Waals surface area contributed by atoms with Crippen LogP contribution in [0.15, 0.2) is 18.2 Å². The van der Waals surface area contributed by atoms with Gasteiger partial charge in [0.1, 0.15) is 5.75 Å². The Kier molecular flexibility index (Phi) is 5.47. The van der Waals surface area contributed by atoms with E-state index in [9.17, 15) is 23.0 Å². The average molecular weight is 356 g/mol. The van der Waals surface area contributed by atoms with Crippen LogP contribution >= 0.6 is 0 Å². The number of hydrogen-bond acceptors (Lipinski definition) is 6. The topological polar surface area (TPSA) is 142 Å². The number of fused-ring (bicyclic) bond motifs is 1. The van der Waals surface area contributed by atoms with E-state index in [-0.39, 0.29) is 29.9 Å². The molecule has 1 heterocycles. The van der Waals surface area contributed by atoms with Crippen molar-refractivity contribution in [1.82, 2.24) is 10.0 Å². The van der Waals surface area contributed by atoms with E-state index < -0.39 is 35.0 Å². The molecule has 0 fully saturated rings. The highest BCUT2D eigenvalue weighted by molar-refractivity contribution is 7.89. The Balaban J connectivity index is 2.05. The predicted molar refractivity (Wildman–Crippen MR) is 85.1 cm³/mol. The van der Waals surface area contributed by atoms with Crippen molar-refractivity contribution in [2.45, 2.75) is 18.8 Å². The Hall–Kier alpha value is -2.11. The molecule has 0 bridgehead atoms. The Morgan fingerprint density at radius 3 is 2.75 bits per heavy atom. The van der Waals surface area contributed by atoms with Crippen LogP contribution in [0.1, 0.15) is 22.3 Å². The quantitative estimate of drug-likeness (QED) is 0.467. The third kappa shape index (κ3) is 4.25. The number of carbonyl (C=O) groups is 2. The highest BCUT2D eigenvalue weighted by Crippen LogP contribution is 2.30. The van der Waals surface area contributed by atoms with Crippen LogP contribution in [0, 0.1) is 0 Å². The zero-order valence-electron chi connectivity index (χ0n) is 12.9. The van der Waals surface area contributed by atoms with E-state index in [1.54, 1.807) is 12.1 Å². The second kappa shape index (κ2) is 7.20. The molecule has 130 valence electrons. The molecule has 1 aromatic carbocycles. The maximum atomic E-state index is 11.8. The zero-order valence-corrected chi connectivity index (χ0v) is 13.7. The van der Waals surface area contributed by atoms with Crippen molar-refractivity contribution in [3.05, 3.63) is 29.3 Å². The number of nitrogens with one attached hydrogen (secondary N) is 2. The second-order valence-corrected chi connectivity index (χ2v) is 7.30. The molecule has 0 saturated carbocycles. The Bertz CT molecular complexity index is 753. The van der Waals surface area contributed by atoms with Crippen LogP contribution in [0.2, 0.25) is 0 Å². The number of amides is 1. The lowest BCUT2D eigenvalue weighted by Crippen LogP contribution is -2.53. The van der Waals surface area contributed by atoms with Crippen LogP contribution < -0.4 is 14.7 Å². The lowest BCUT2D eigenvalue weighted by Gasteiger charge is -2.28. The van der Waals surface area contributed by atoms with Gasteiger partial charge < -0.3 is 20.1 Å². The van der Waals surface area contributed by atoms with E-state index in [2.05, 4.69) is 10.0 Å². The molecule has 0 aromatic heterocycles. The van der Waals surface area contributed by atoms with E-state index in [1.165, 1.54) is 13.1 Å². The van der Waals surface area contributed by atoms with Crippen molar-refractivity contribution >= 4 is 29.0 Å². The molecule has 1 aromatic rings. The summed E-state index contributed by atoms with van der Waals surface area (Å²) in [6.45, 7) is 0. The molecule has 2 rings (SSSR count). The lowest BCUT2D eigenvalue weighted by atomic mass is 9.72. The standard InChI is InChI=1S/C13H17BN2O7S/c1-15-24(21,22)6-5-11(17)16-10-7-8-3-2-4-9(13(18)19)12(8)23-14(10)20/h2-4,10,15,20H,5-7H2,1H3,(H,16,17)(H,18,19). The second-order valence-electron chi connectivity index (χ2n) is 5.26. The summed E-state index contributed by atoms with van der Waals surface area (Å²) in [4.78, 5) is 23.0. The molecule has 0 aliphatic carbocycles. The average Bonchev–Trinajstić information content (AvgIpc) is 2.53. The molecular formula is C13H17BN2O7S. The smallest absolute Gasteiger partial charge is 0.534 e. The fourth-order valence-corrected chi connectivity index (χ4v) is 2.98. The van der Waals surface area contributed by atoms with Gasteiger partial charge in [0, 0.05) is 6.42 Å². The van der Waals surface area contributed by atoms with Crippen LogP contribution in [0.5, 0.6) is 5.75 Å². The molecule has 0 saturated heterocycles. The SMILES string of the molecule is CNS(=O)(=O)CCC(=O)NC1Cc2cccc(C(=O)O)c2OB1O. The highest BCUT2D eigenvalue weighted by atomic mass is 32.2. The molecule has 24 heavy (non-hydrogen) atoms. The van der Waals surface area contributed by atoms with E-state index in [0.29, 0.717) is 5.56 Å². The molecule has 1 unspecified atom stereocenters. The summed E-state index contributed by atoms with van der Waals surface area (Å²) in [5.74, 6) is -2.84. The van der Waals surface area contributed by atoms with Crippen molar-refractivity contribution in [2.24, 2.45) is 0 Å². The fraction of sp³-hybridized carbons (Fsp3) is 0.385. The Morgan fingerprint density at radius 1 is 1.42 bits per heavy atom. The van der Waals surface area contributed by atoms with Crippen LogP contribution in [-0.4, -0.2) is 56.3 Å². The van der Waals surface area contributed by atoms with Gasteiger partial charge in [0.15, 0.2) is 0 Å². The molecule has 1 aliphatic heterocycles. The van der Waals surface area contributed by atoms with Crippen molar-refractivity contribution in [1.29, 1.82) is 0 Å². The predicted octanol–water partition coefficient (Wildman–Crippen LogP) is -1.24. The monoisotopic (exact) mass is 356 g/mol. The van der Waals surface area contributed by atoms with Crippen LogP contribution in [-0.2, 0) is 21.2 Å². The van der Waals surface area contributed by atoms with Gasteiger partial charge in [0.05, 0.1) is 17.3 Å². The number of carbonyl (C=O) groups excluding carboxylic acids is 1. The summed E-state index contributed by atoms with van der Waals surface area (Å²) in [5, 5.41) is 21.6. The van der Waals surface area contributed by atoms with E-state index in [0.717, 1.165) is 0 Å². The summed E-state index contributed by atoms with van der Waals surface area (Å²) in [6, 6.07) is 4.54. The zero-order chi connectivity index (χ0) is 17.9. The first-order chi connectivity index (χ1) is 11.2. The van der Waals surface area contributed by atoms with Gasteiger partial charge in [0.2, 0.25) is 15.9 Å². The number of para-hydroxylation sites is 1. The molecule has 1 amide bonds. The Morgan fingerprint density at radius 2 is 2.12 bits per heavy atom. The molecule has 1 aliphatic rings. The van der Waals surface area contributed by atoms with Crippen molar-refractivity contribution in [2.75, 3.05) is 12.8 Å². The molecule has 9 nitrogen and oxygen atoms in total.